The molecule has 2 heterocycles. The molecule has 3 atom stereocenters. The highest BCUT2D eigenvalue weighted by Crippen LogP contribution is 2.58. The molecule has 35 heavy (non-hydrogen) atoms. The number of nitrogens with zero attached hydrogens (tertiary/aromatic N) is 1. The van der Waals surface area contributed by atoms with E-state index in [1.54, 1.807) is 54.6 Å². The van der Waals surface area contributed by atoms with Crippen LogP contribution in [0.5, 0.6) is 0 Å². The van der Waals surface area contributed by atoms with Gasteiger partial charge in [0, 0.05) is 16.7 Å². The summed E-state index contributed by atoms with van der Waals surface area (Å²) in [4.78, 5) is 56.3. The van der Waals surface area contributed by atoms with Gasteiger partial charge in [0.1, 0.15) is 0 Å². The van der Waals surface area contributed by atoms with Crippen LogP contribution >= 0.6 is 23.2 Å². The number of carbonyl (C=O) groups is 4. The molecule has 174 valence electrons. The molecule has 0 N–H and O–H groups in total. The number of benzene rings is 3. The number of halogens is 2. The van der Waals surface area contributed by atoms with Gasteiger partial charge >= 0.3 is 0 Å². The van der Waals surface area contributed by atoms with Gasteiger partial charge in [-0.05, 0) is 25.1 Å². The standard InChI is InChI=1S/C27H17Cl2NO5/c1-13-9-11-14(12-10-13)30-25(33)19-20(26(30)34)27(23(31)15-5-2-3-6-16(15)24(27)32)35-22(19)17-7-4-8-18(28)21(17)29/h2-12,19-20,22H,1H3/t19-,20+,22-/m0/s1. The number of hydrogen-bond acceptors (Lipinski definition) is 5. The molecule has 1 spiro atoms. The second-order valence-corrected chi connectivity index (χ2v) is 9.76. The van der Waals surface area contributed by atoms with Crippen LogP contribution in [0.2, 0.25) is 10.0 Å². The Kier molecular flexibility index (Phi) is 4.81. The van der Waals surface area contributed by atoms with E-state index in [9.17, 15) is 19.2 Å². The van der Waals surface area contributed by atoms with Gasteiger partial charge in [0.2, 0.25) is 29.0 Å². The van der Waals surface area contributed by atoms with Gasteiger partial charge in [0.05, 0.1) is 33.7 Å². The van der Waals surface area contributed by atoms with Crippen molar-refractivity contribution in [2.24, 2.45) is 11.8 Å². The Morgan fingerprint density at radius 2 is 1.43 bits per heavy atom. The second kappa shape index (κ2) is 7.59. The molecule has 0 unspecified atom stereocenters. The zero-order valence-electron chi connectivity index (χ0n) is 18.3. The molecule has 1 aliphatic carbocycles. The molecular weight excluding hydrogens is 489 g/mol. The van der Waals surface area contributed by atoms with Crippen LogP contribution in [0.25, 0.3) is 0 Å². The molecule has 0 radical (unpaired) electrons. The third kappa shape index (κ3) is 2.82. The predicted octanol–water partition coefficient (Wildman–Crippen LogP) is 5.00. The van der Waals surface area contributed by atoms with Crippen LogP contribution in [0.15, 0.2) is 66.7 Å². The molecule has 3 aliphatic rings. The van der Waals surface area contributed by atoms with E-state index < -0.39 is 46.9 Å². The molecule has 2 amide bonds. The van der Waals surface area contributed by atoms with Crippen LogP contribution in [0.1, 0.15) is 37.9 Å². The second-order valence-electron chi connectivity index (χ2n) is 8.97. The third-order valence-corrected chi connectivity index (χ3v) is 7.93. The van der Waals surface area contributed by atoms with Gasteiger partial charge in [-0.1, -0.05) is 77.3 Å². The highest BCUT2D eigenvalue weighted by molar-refractivity contribution is 6.42. The smallest absolute Gasteiger partial charge is 0.241 e. The van der Waals surface area contributed by atoms with Crippen LogP contribution in [0.4, 0.5) is 5.69 Å². The quantitative estimate of drug-likeness (QED) is 0.361. The Morgan fingerprint density at radius 3 is 2.06 bits per heavy atom. The normalized spacial score (nSPS) is 24.4. The summed E-state index contributed by atoms with van der Waals surface area (Å²) in [7, 11) is 0. The first-order valence-electron chi connectivity index (χ1n) is 11.0. The van der Waals surface area contributed by atoms with Gasteiger partial charge in [-0.15, -0.1) is 0 Å². The molecular formula is C27H17Cl2NO5. The number of Topliss-reactive ketones (excluding diaryl/α,β-unsaturated/α-hetero) is 2. The minimum absolute atomic E-state index is 0.138. The zero-order valence-corrected chi connectivity index (χ0v) is 19.8. The van der Waals surface area contributed by atoms with Crippen LogP contribution in [-0.2, 0) is 14.3 Å². The highest BCUT2D eigenvalue weighted by atomic mass is 35.5. The predicted molar refractivity (Wildman–Crippen MR) is 129 cm³/mol. The van der Waals surface area contributed by atoms with Crippen molar-refractivity contribution in [3.05, 3.63) is 99.0 Å². The van der Waals surface area contributed by atoms with Gasteiger partial charge in [-0.2, -0.15) is 0 Å². The fraction of sp³-hybridized carbons (Fsp3) is 0.185. The van der Waals surface area contributed by atoms with Gasteiger partial charge < -0.3 is 4.74 Å². The Bertz CT molecular complexity index is 1430. The van der Waals surface area contributed by atoms with Crippen LogP contribution in [0.3, 0.4) is 0 Å². The van der Waals surface area contributed by atoms with E-state index in [4.69, 9.17) is 27.9 Å². The fourth-order valence-corrected chi connectivity index (χ4v) is 5.90. The number of ether oxygens (including phenoxy) is 1. The molecule has 0 bridgehead atoms. The largest absolute Gasteiger partial charge is 0.349 e. The van der Waals surface area contributed by atoms with Crippen molar-refractivity contribution in [1.82, 2.24) is 0 Å². The van der Waals surface area contributed by atoms with Gasteiger partial charge in [-0.3, -0.25) is 19.2 Å². The van der Waals surface area contributed by atoms with E-state index in [0.29, 0.717) is 11.3 Å². The molecule has 6 rings (SSSR count). The summed E-state index contributed by atoms with van der Waals surface area (Å²) in [6.45, 7) is 1.89. The first kappa shape index (κ1) is 22.2. The Balaban J connectivity index is 1.57. The third-order valence-electron chi connectivity index (χ3n) is 7.10. The molecule has 3 aromatic rings. The maximum atomic E-state index is 13.9. The van der Waals surface area contributed by atoms with Gasteiger partial charge in [-0.25, -0.2) is 4.90 Å². The van der Waals surface area contributed by atoms with Crippen molar-refractivity contribution in [2.45, 2.75) is 18.6 Å². The summed E-state index contributed by atoms with van der Waals surface area (Å²) in [6, 6.07) is 18.1. The number of ketones is 2. The average Bonchev–Trinajstić information content (AvgIpc) is 3.42. The lowest BCUT2D eigenvalue weighted by molar-refractivity contribution is -0.127. The number of carbonyl (C=O) groups excluding carboxylic acids is 4. The van der Waals surface area contributed by atoms with Crippen LogP contribution in [-0.4, -0.2) is 29.0 Å². The SMILES string of the molecule is Cc1ccc(N2C(=O)[C@@H]3[C@H](c4cccc(Cl)c4Cl)OC4(C(=O)c5ccccc5C4=O)[C@H]3C2=O)cc1. The van der Waals surface area contributed by atoms with Crippen molar-refractivity contribution >= 4 is 52.3 Å². The summed E-state index contributed by atoms with van der Waals surface area (Å²) in [5.41, 5.74) is -0.160. The fourth-order valence-electron chi connectivity index (χ4n) is 5.49. The maximum Gasteiger partial charge on any atom is 0.241 e. The van der Waals surface area contributed by atoms with Gasteiger partial charge in [0.15, 0.2) is 0 Å². The summed E-state index contributed by atoms with van der Waals surface area (Å²) in [5.74, 6) is -4.94. The monoisotopic (exact) mass is 505 g/mol. The molecule has 0 saturated carbocycles. The van der Waals surface area contributed by atoms with Gasteiger partial charge in [0.25, 0.3) is 0 Å². The lowest BCUT2D eigenvalue weighted by atomic mass is 9.77. The Morgan fingerprint density at radius 1 is 0.800 bits per heavy atom. The first-order chi connectivity index (χ1) is 16.8. The number of anilines is 1. The lowest BCUT2D eigenvalue weighted by Crippen LogP contribution is -2.51. The molecule has 3 aromatic carbocycles. The Labute approximate surface area is 210 Å². The number of aryl methyl sites for hydroxylation is 1. The van der Waals surface area contributed by atoms with Crippen molar-refractivity contribution in [2.75, 3.05) is 4.90 Å². The van der Waals surface area contributed by atoms with Crippen molar-refractivity contribution in [3.63, 3.8) is 0 Å². The molecule has 2 fully saturated rings. The van der Waals surface area contributed by atoms with E-state index >= 15 is 0 Å². The summed E-state index contributed by atoms with van der Waals surface area (Å²) >= 11 is 12.7. The van der Waals surface area contributed by atoms with Crippen molar-refractivity contribution in [1.29, 1.82) is 0 Å². The number of fused-ring (bicyclic) bond motifs is 3. The number of amides is 2. The minimum atomic E-state index is -2.16. The molecule has 2 aliphatic heterocycles. The van der Waals surface area contributed by atoms with E-state index in [1.807, 2.05) is 6.92 Å². The summed E-state index contributed by atoms with van der Waals surface area (Å²) in [6.07, 6.45) is -1.12. The Hall–Kier alpha value is -3.32. The molecule has 0 aromatic heterocycles. The highest BCUT2D eigenvalue weighted by Gasteiger charge is 2.74. The van der Waals surface area contributed by atoms with E-state index in [0.717, 1.165) is 10.5 Å². The summed E-state index contributed by atoms with van der Waals surface area (Å²) in [5, 5.41) is 0.365. The molecule has 2 saturated heterocycles. The number of imide groups is 1. The van der Waals surface area contributed by atoms with Crippen molar-refractivity contribution < 1.29 is 23.9 Å². The van der Waals surface area contributed by atoms with E-state index in [1.165, 1.54) is 12.1 Å². The van der Waals surface area contributed by atoms with E-state index in [-0.39, 0.29) is 21.2 Å². The maximum absolute atomic E-state index is 13.9. The first-order valence-corrected chi connectivity index (χ1v) is 11.8. The van der Waals surface area contributed by atoms with Crippen molar-refractivity contribution in [3.8, 4) is 0 Å². The summed E-state index contributed by atoms with van der Waals surface area (Å²) < 4.78 is 6.24. The zero-order chi connectivity index (χ0) is 24.6. The topological polar surface area (TPSA) is 80.8 Å². The van der Waals surface area contributed by atoms with Crippen LogP contribution < -0.4 is 4.90 Å². The van der Waals surface area contributed by atoms with E-state index in [2.05, 4.69) is 0 Å². The van der Waals surface area contributed by atoms with Crippen LogP contribution in [0, 0.1) is 18.8 Å². The number of rotatable bonds is 2. The molecule has 8 heteroatoms. The minimum Gasteiger partial charge on any atom is -0.349 e. The average molecular weight is 506 g/mol. The lowest BCUT2D eigenvalue weighted by Gasteiger charge is -2.27. The number of hydrogen-bond donors (Lipinski definition) is 0. The molecule has 6 nitrogen and oxygen atoms in total.